The van der Waals surface area contributed by atoms with Crippen LogP contribution in [0.4, 0.5) is 0 Å². The van der Waals surface area contributed by atoms with Gasteiger partial charge in [-0.25, -0.2) is 0 Å². The molecule has 0 saturated carbocycles. The first-order valence-corrected chi connectivity index (χ1v) is 10.2. The van der Waals surface area contributed by atoms with Crippen molar-refractivity contribution in [2.75, 3.05) is 0 Å². The largest absolute Gasteiger partial charge is 0.450 e. The van der Waals surface area contributed by atoms with E-state index in [1.165, 1.54) is 50.7 Å². The summed E-state index contributed by atoms with van der Waals surface area (Å²) in [7, 11) is 1.20. The quantitative estimate of drug-likeness (QED) is 0.419. The molecule has 0 fully saturated rings. The van der Waals surface area contributed by atoms with E-state index in [1.54, 1.807) is 0 Å². The minimum atomic E-state index is -0.358. The maximum atomic E-state index is 9.73. The molecule has 0 saturated heterocycles. The van der Waals surface area contributed by atoms with E-state index in [-0.39, 0.29) is 5.41 Å². The molecule has 1 aliphatic carbocycles. The number of hydrogen-bond donors (Lipinski definition) is 1. The normalized spacial score (nSPS) is 14.8. The van der Waals surface area contributed by atoms with E-state index in [0.717, 1.165) is 5.46 Å². The number of hydrogen-bond acceptors (Lipinski definition) is 2. The van der Waals surface area contributed by atoms with E-state index >= 15 is 0 Å². The third-order valence-corrected chi connectivity index (χ3v) is 7.17. The Morgan fingerprint density at radius 1 is 0.607 bits per heavy atom. The van der Waals surface area contributed by atoms with Crippen LogP contribution in [0.15, 0.2) is 101 Å². The first-order chi connectivity index (χ1) is 13.8. The molecule has 1 heterocycles. The molecule has 4 aromatic carbocycles. The fourth-order valence-corrected chi connectivity index (χ4v) is 6.14. The molecule has 4 aromatic rings. The second kappa shape index (κ2) is 5.87. The van der Waals surface area contributed by atoms with Crippen molar-refractivity contribution in [3.8, 4) is 11.1 Å². The van der Waals surface area contributed by atoms with E-state index in [1.807, 2.05) is 17.8 Å². The van der Waals surface area contributed by atoms with Gasteiger partial charge < -0.3 is 5.02 Å². The Bertz CT molecular complexity index is 1200. The van der Waals surface area contributed by atoms with Gasteiger partial charge in [0.05, 0.1) is 5.41 Å². The van der Waals surface area contributed by atoms with Crippen LogP contribution < -0.4 is 5.46 Å². The smallest absolute Gasteiger partial charge is 0.326 e. The van der Waals surface area contributed by atoms with Gasteiger partial charge in [0.15, 0.2) is 0 Å². The van der Waals surface area contributed by atoms with Crippen LogP contribution in [0.3, 0.4) is 0 Å². The summed E-state index contributed by atoms with van der Waals surface area (Å²) in [5.41, 5.74) is 8.20. The highest BCUT2D eigenvalue weighted by Gasteiger charge is 2.49. The third kappa shape index (κ3) is 1.93. The molecule has 0 amide bonds. The summed E-state index contributed by atoms with van der Waals surface area (Å²) < 4.78 is 0. The molecule has 28 heavy (non-hydrogen) atoms. The maximum Gasteiger partial charge on any atom is 0.326 e. The van der Waals surface area contributed by atoms with Gasteiger partial charge >= 0.3 is 7.48 Å². The van der Waals surface area contributed by atoms with Gasteiger partial charge in [0, 0.05) is 9.79 Å². The Kier molecular flexibility index (Phi) is 3.41. The van der Waals surface area contributed by atoms with E-state index < -0.39 is 0 Å². The van der Waals surface area contributed by atoms with Gasteiger partial charge in [0.1, 0.15) is 0 Å². The molecule has 131 valence electrons. The Morgan fingerprint density at radius 2 is 1.18 bits per heavy atom. The molecular weight excluding hydrogens is 359 g/mol. The molecule has 6 rings (SSSR count). The second-order valence-electron chi connectivity index (χ2n) is 7.32. The molecule has 0 atom stereocenters. The second-order valence-corrected chi connectivity index (χ2v) is 8.41. The predicted molar refractivity (Wildman–Crippen MR) is 115 cm³/mol. The zero-order valence-electron chi connectivity index (χ0n) is 15.1. The first-order valence-electron chi connectivity index (χ1n) is 9.43. The summed E-state index contributed by atoms with van der Waals surface area (Å²) in [5.74, 6) is 0. The highest BCUT2D eigenvalue weighted by Crippen LogP contribution is 2.61. The van der Waals surface area contributed by atoms with Crippen LogP contribution in [0.2, 0.25) is 0 Å². The standard InChI is InChI=1S/C25H16BOS/c27-26-16-13-14-18-17-7-1-2-8-19(17)25(22(18)15-16)20-9-3-5-11-23(20)28-24-12-6-4-10-21(24)25/h1-15,27H. The van der Waals surface area contributed by atoms with Crippen molar-refractivity contribution in [3.63, 3.8) is 0 Å². The minimum absolute atomic E-state index is 0.358. The lowest BCUT2D eigenvalue weighted by molar-refractivity contribution is 0.615. The summed E-state index contributed by atoms with van der Waals surface area (Å²) in [6.45, 7) is 0. The average Bonchev–Trinajstić information content (AvgIpc) is 3.05. The first kappa shape index (κ1) is 16.2. The molecule has 1 N–H and O–H groups in total. The zero-order valence-corrected chi connectivity index (χ0v) is 15.9. The van der Waals surface area contributed by atoms with Crippen molar-refractivity contribution in [2.45, 2.75) is 15.2 Å². The molecule has 1 radical (unpaired) electrons. The van der Waals surface area contributed by atoms with Gasteiger partial charge in [0.25, 0.3) is 0 Å². The summed E-state index contributed by atoms with van der Waals surface area (Å²) >= 11 is 1.85. The number of fused-ring (bicyclic) bond motifs is 9. The van der Waals surface area contributed by atoms with E-state index in [4.69, 9.17) is 0 Å². The molecule has 1 aliphatic heterocycles. The highest BCUT2D eigenvalue weighted by atomic mass is 32.2. The van der Waals surface area contributed by atoms with Gasteiger partial charge in [0.2, 0.25) is 0 Å². The van der Waals surface area contributed by atoms with Gasteiger partial charge in [-0.15, -0.1) is 0 Å². The van der Waals surface area contributed by atoms with Crippen LogP contribution in [0.5, 0.6) is 0 Å². The third-order valence-electron chi connectivity index (χ3n) is 6.02. The van der Waals surface area contributed by atoms with Gasteiger partial charge in [-0.1, -0.05) is 96.1 Å². The van der Waals surface area contributed by atoms with Crippen molar-refractivity contribution in [1.82, 2.24) is 0 Å². The lowest BCUT2D eigenvalue weighted by Crippen LogP contribution is -2.33. The highest BCUT2D eigenvalue weighted by molar-refractivity contribution is 7.99. The monoisotopic (exact) mass is 375 g/mol. The van der Waals surface area contributed by atoms with E-state index in [9.17, 15) is 5.02 Å². The van der Waals surface area contributed by atoms with Crippen molar-refractivity contribution < 1.29 is 5.02 Å². The Balaban J connectivity index is 1.84. The Hall–Kier alpha value is -2.75. The zero-order chi connectivity index (χ0) is 18.7. The van der Waals surface area contributed by atoms with Crippen LogP contribution in [0.25, 0.3) is 11.1 Å². The van der Waals surface area contributed by atoms with Gasteiger partial charge in [-0.2, -0.15) is 0 Å². The number of benzene rings is 4. The molecule has 0 aromatic heterocycles. The fourth-order valence-electron chi connectivity index (χ4n) is 4.95. The Labute approximate surface area is 169 Å². The van der Waals surface area contributed by atoms with Gasteiger partial charge in [-0.05, 0) is 45.5 Å². The molecular formula is C25H16BOS. The summed E-state index contributed by atoms with van der Waals surface area (Å²) in [6.07, 6.45) is 0. The SMILES string of the molecule is O[B]c1ccc2c(c1)C1(c3ccccc3Sc3ccccc31)c1ccccc1-2. The van der Waals surface area contributed by atoms with E-state index in [0.29, 0.717) is 0 Å². The molecule has 1 nitrogen and oxygen atoms in total. The molecule has 3 heteroatoms. The molecule has 2 aliphatic rings. The molecule has 1 spiro atoms. The molecule has 0 unspecified atom stereocenters. The van der Waals surface area contributed by atoms with Crippen LogP contribution in [-0.2, 0) is 5.41 Å². The lowest BCUT2D eigenvalue weighted by Gasteiger charge is -2.39. The van der Waals surface area contributed by atoms with Crippen LogP contribution in [-0.4, -0.2) is 12.5 Å². The minimum Gasteiger partial charge on any atom is -0.450 e. The number of rotatable bonds is 1. The van der Waals surface area contributed by atoms with Crippen molar-refractivity contribution in [2.24, 2.45) is 0 Å². The summed E-state index contributed by atoms with van der Waals surface area (Å²) in [4.78, 5) is 2.59. The maximum absolute atomic E-state index is 9.73. The van der Waals surface area contributed by atoms with Crippen LogP contribution in [0, 0.1) is 0 Å². The fraction of sp³-hybridized carbons (Fsp3) is 0.0400. The van der Waals surface area contributed by atoms with Crippen LogP contribution in [0.1, 0.15) is 22.3 Å². The average molecular weight is 375 g/mol. The van der Waals surface area contributed by atoms with Crippen molar-refractivity contribution in [3.05, 3.63) is 113 Å². The summed E-state index contributed by atoms with van der Waals surface area (Å²) in [6, 6.07) is 32.5. The van der Waals surface area contributed by atoms with Crippen LogP contribution >= 0.6 is 11.8 Å². The molecule has 0 bridgehead atoms. The Morgan fingerprint density at radius 3 is 1.86 bits per heavy atom. The van der Waals surface area contributed by atoms with Crippen molar-refractivity contribution >= 4 is 24.7 Å². The predicted octanol–water partition coefficient (Wildman–Crippen LogP) is 4.75. The van der Waals surface area contributed by atoms with Crippen molar-refractivity contribution in [1.29, 1.82) is 0 Å². The summed E-state index contributed by atoms with van der Waals surface area (Å²) in [5, 5.41) is 9.73. The van der Waals surface area contributed by atoms with E-state index in [2.05, 4.69) is 84.9 Å². The van der Waals surface area contributed by atoms with Gasteiger partial charge in [-0.3, -0.25) is 0 Å². The topological polar surface area (TPSA) is 20.2 Å². The lowest BCUT2D eigenvalue weighted by atomic mass is 9.66.